The van der Waals surface area contributed by atoms with E-state index in [0.717, 1.165) is 0 Å². The van der Waals surface area contributed by atoms with E-state index < -0.39 is 5.41 Å². The number of nitrogens with zero attached hydrogens (tertiary/aromatic N) is 1. The minimum Gasteiger partial charge on any atom is -0.395 e. The largest absolute Gasteiger partial charge is 0.395 e. The zero-order valence-electron chi connectivity index (χ0n) is 5.13. The third-order valence-corrected chi connectivity index (χ3v) is 1.64. The van der Waals surface area contributed by atoms with Crippen molar-refractivity contribution in [1.82, 2.24) is 0 Å². The van der Waals surface area contributed by atoms with Crippen LogP contribution in [0.5, 0.6) is 0 Å². The van der Waals surface area contributed by atoms with Crippen LogP contribution in [0.1, 0.15) is 6.42 Å². The Morgan fingerprint density at radius 3 is 2.78 bits per heavy atom. The molecule has 50 valence electrons. The van der Waals surface area contributed by atoms with Gasteiger partial charge in [0.15, 0.2) is 0 Å². The van der Waals surface area contributed by atoms with Crippen molar-refractivity contribution in [3.8, 4) is 6.07 Å². The summed E-state index contributed by atoms with van der Waals surface area (Å²) in [5.41, 5.74) is -0.583. The van der Waals surface area contributed by atoms with Gasteiger partial charge in [-0.15, -0.1) is 0 Å². The number of hydrogen-bond acceptors (Lipinski definition) is 3. The van der Waals surface area contributed by atoms with E-state index in [9.17, 15) is 0 Å². The first-order chi connectivity index (χ1) is 4.33. The molecule has 0 bridgehead atoms. The highest BCUT2D eigenvalue weighted by molar-refractivity contribution is 5.00. The number of hydrogen-bond donors (Lipinski definition) is 1. The summed E-state index contributed by atoms with van der Waals surface area (Å²) in [6, 6.07) is 2.05. The fourth-order valence-electron chi connectivity index (χ4n) is 0.855. The van der Waals surface area contributed by atoms with Crippen LogP contribution in [0.2, 0.25) is 0 Å². The molecular formula is C6H9NO2. The molecule has 9 heavy (non-hydrogen) atoms. The Morgan fingerprint density at radius 2 is 2.56 bits per heavy atom. The van der Waals surface area contributed by atoms with E-state index in [2.05, 4.69) is 6.07 Å². The molecule has 1 heterocycles. The van der Waals surface area contributed by atoms with Gasteiger partial charge >= 0.3 is 0 Å². The SMILES string of the molecule is N#C[C@]1(CO)CCOC1. The predicted molar refractivity (Wildman–Crippen MR) is 30.6 cm³/mol. The molecule has 0 aromatic carbocycles. The second-order valence-corrected chi connectivity index (χ2v) is 2.35. The Labute approximate surface area is 53.9 Å². The lowest BCUT2D eigenvalue weighted by Gasteiger charge is -2.12. The zero-order chi connectivity index (χ0) is 6.74. The molecule has 1 rings (SSSR count). The highest BCUT2D eigenvalue weighted by atomic mass is 16.5. The summed E-state index contributed by atoms with van der Waals surface area (Å²) in [7, 11) is 0. The van der Waals surface area contributed by atoms with Gasteiger partial charge in [0.2, 0.25) is 0 Å². The molecule has 3 nitrogen and oxygen atoms in total. The molecule has 0 radical (unpaired) electrons. The maximum atomic E-state index is 8.71. The highest BCUT2D eigenvalue weighted by Gasteiger charge is 2.34. The van der Waals surface area contributed by atoms with E-state index in [-0.39, 0.29) is 6.61 Å². The van der Waals surface area contributed by atoms with Gasteiger partial charge in [0.1, 0.15) is 5.41 Å². The second-order valence-electron chi connectivity index (χ2n) is 2.35. The van der Waals surface area contributed by atoms with Gasteiger partial charge in [-0.3, -0.25) is 0 Å². The molecule has 1 aliphatic rings. The van der Waals surface area contributed by atoms with Crippen molar-refractivity contribution in [3.63, 3.8) is 0 Å². The van der Waals surface area contributed by atoms with Crippen molar-refractivity contribution in [3.05, 3.63) is 0 Å². The van der Waals surface area contributed by atoms with Gasteiger partial charge < -0.3 is 9.84 Å². The normalized spacial score (nSPS) is 34.2. The third kappa shape index (κ3) is 1.04. The van der Waals surface area contributed by atoms with Crippen LogP contribution in [0.3, 0.4) is 0 Å². The average molecular weight is 127 g/mol. The predicted octanol–water partition coefficient (Wildman–Crippen LogP) is -0.0910. The summed E-state index contributed by atoms with van der Waals surface area (Å²) < 4.78 is 4.96. The van der Waals surface area contributed by atoms with Gasteiger partial charge in [-0.25, -0.2) is 0 Å². The summed E-state index contributed by atoms with van der Waals surface area (Å²) >= 11 is 0. The third-order valence-electron chi connectivity index (χ3n) is 1.64. The molecule has 0 saturated carbocycles. The Bertz CT molecular complexity index is 132. The van der Waals surface area contributed by atoms with E-state index >= 15 is 0 Å². The van der Waals surface area contributed by atoms with Crippen LogP contribution in [0.15, 0.2) is 0 Å². The van der Waals surface area contributed by atoms with Gasteiger partial charge in [-0.2, -0.15) is 5.26 Å². The van der Waals surface area contributed by atoms with Crippen LogP contribution in [-0.2, 0) is 4.74 Å². The summed E-state index contributed by atoms with van der Waals surface area (Å²) in [4.78, 5) is 0. The summed E-state index contributed by atoms with van der Waals surface area (Å²) in [6.07, 6.45) is 0.667. The Morgan fingerprint density at radius 1 is 1.78 bits per heavy atom. The maximum Gasteiger partial charge on any atom is 0.106 e. The number of nitriles is 1. The van der Waals surface area contributed by atoms with Gasteiger partial charge in [0, 0.05) is 6.61 Å². The Balaban J connectivity index is 2.59. The van der Waals surface area contributed by atoms with Crippen LogP contribution >= 0.6 is 0 Å². The minimum absolute atomic E-state index is 0.0799. The molecule has 1 atom stereocenters. The molecule has 0 aromatic heterocycles. The molecule has 0 amide bonds. The Kier molecular flexibility index (Phi) is 1.70. The van der Waals surface area contributed by atoms with Crippen LogP contribution < -0.4 is 0 Å². The minimum atomic E-state index is -0.583. The molecule has 0 aromatic rings. The molecule has 1 aliphatic heterocycles. The van der Waals surface area contributed by atoms with E-state index in [1.807, 2.05) is 0 Å². The topological polar surface area (TPSA) is 53.2 Å². The quantitative estimate of drug-likeness (QED) is 0.535. The maximum absolute atomic E-state index is 8.71. The average Bonchev–Trinajstić information content (AvgIpc) is 2.36. The fourth-order valence-corrected chi connectivity index (χ4v) is 0.855. The molecular weight excluding hydrogens is 118 g/mol. The van der Waals surface area contributed by atoms with Crippen LogP contribution in [-0.4, -0.2) is 24.9 Å². The lowest BCUT2D eigenvalue weighted by atomic mass is 9.91. The van der Waals surface area contributed by atoms with Crippen LogP contribution in [0.25, 0.3) is 0 Å². The first-order valence-electron chi connectivity index (χ1n) is 2.93. The first kappa shape index (κ1) is 6.53. The number of rotatable bonds is 1. The molecule has 0 aliphatic carbocycles. The molecule has 1 saturated heterocycles. The van der Waals surface area contributed by atoms with Crippen molar-refractivity contribution in [2.45, 2.75) is 6.42 Å². The summed E-state index contributed by atoms with van der Waals surface area (Å²) in [5.74, 6) is 0. The molecule has 1 N–H and O–H groups in total. The van der Waals surface area contributed by atoms with E-state index in [4.69, 9.17) is 15.1 Å². The van der Waals surface area contributed by atoms with Crippen molar-refractivity contribution in [1.29, 1.82) is 5.26 Å². The van der Waals surface area contributed by atoms with E-state index in [1.54, 1.807) is 0 Å². The van der Waals surface area contributed by atoms with E-state index in [1.165, 1.54) is 0 Å². The number of aliphatic hydroxyl groups excluding tert-OH is 1. The number of ether oxygens (including phenoxy) is 1. The van der Waals surface area contributed by atoms with E-state index in [0.29, 0.717) is 19.6 Å². The van der Waals surface area contributed by atoms with Crippen molar-refractivity contribution in [2.75, 3.05) is 19.8 Å². The molecule has 3 heteroatoms. The smallest absolute Gasteiger partial charge is 0.106 e. The highest BCUT2D eigenvalue weighted by Crippen LogP contribution is 2.26. The first-order valence-corrected chi connectivity index (χ1v) is 2.93. The lowest BCUT2D eigenvalue weighted by molar-refractivity contribution is 0.129. The zero-order valence-corrected chi connectivity index (χ0v) is 5.13. The Hall–Kier alpha value is -0.590. The summed E-state index contributed by atoms with van der Waals surface area (Å²) in [5, 5.41) is 17.2. The second kappa shape index (κ2) is 2.34. The van der Waals surface area contributed by atoms with Gasteiger partial charge in [-0.1, -0.05) is 0 Å². The molecule has 0 unspecified atom stereocenters. The fraction of sp³-hybridized carbons (Fsp3) is 0.833. The van der Waals surface area contributed by atoms with Crippen molar-refractivity contribution < 1.29 is 9.84 Å². The van der Waals surface area contributed by atoms with Gasteiger partial charge in [0.25, 0.3) is 0 Å². The standard InChI is InChI=1S/C6H9NO2/c7-3-6(4-8)1-2-9-5-6/h8H,1-2,4-5H2/t6-/m0/s1. The van der Waals surface area contributed by atoms with Crippen molar-refractivity contribution in [2.24, 2.45) is 5.41 Å². The lowest BCUT2D eigenvalue weighted by Crippen LogP contribution is -2.22. The van der Waals surface area contributed by atoms with Gasteiger partial charge in [0.05, 0.1) is 19.3 Å². The molecule has 1 fully saturated rings. The van der Waals surface area contributed by atoms with Crippen LogP contribution in [0, 0.1) is 16.7 Å². The van der Waals surface area contributed by atoms with Crippen LogP contribution in [0.4, 0.5) is 0 Å². The monoisotopic (exact) mass is 127 g/mol. The molecule has 0 spiro atoms. The number of aliphatic hydroxyl groups is 1. The summed E-state index contributed by atoms with van der Waals surface area (Å²) in [6.45, 7) is 0.914. The van der Waals surface area contributed by atoms with Crippen molar-refractivity contribution >= 4 is 0 Å². The van der Waals surface area contributed by atoms with Gasteiger partial charge in [-0.05, 0) is 6.42 Å².